The maximum absolute atomic E-state index is 12.1. The molecule has 20 heavy (non-hydrogen) atoms. The number of amides is 1. The second-order valence-electron chi connectivity index (χ2n) is 3.83. The third kappa shape index (κ3) is 4.41. The van der Waals surface area contributed by atoms with E-state index in [0.717, 1.165) is 0 Å². The van der Waals surface area contributed by atoms with Crippen molar-refractivity contribution in [2.24, 2.45) is 0 Å². The van der Waals surface area contributed by atoms with E-state index in [1.807, 2.05) is 13.8 Å². The van der Waals surface area contributed by atoms with Gasteiger partial charge < -0.3 is 4.90 Å². The zero-order valence-electron chi connectivity index (χ0n) is 11.1. The number of hydrogen-bond acceptors (Lipinski definition) is 4. The van der Waals surface area contributed by atoms with Crippen molar-refractivity contribution < 1.29 is 13.2 Å². The number of nitrogens with one attached hydrogen (secondary N) is 1. The molecule has 0 atom stereocenters. The van der Waals surface area contributed by atoms with Crippen molar-refractivity contribution >= 4 is 43.5 Å². The van der Waals surface area contributed by atoms with E-state index in [4.69, 9.17) is 11.6 Å². The fourth-order valence-corrected chi connectivity index (χ4v) is 3.43. The van der Waals surface area contributed by atoms with E-state index in [1.165, 1.54) is 17.2 Å². The molecule has 0 bridgehead atoms. The van der Waals surface area contributed by atoms with E-state index in [-0.39, 0.29) is 22.5 Å². The van der Waals surface area contributed by atoms with E-state index in [1.54, 1.807) is 0 Å². The number of carbonyl (C=O) groups is 1. The van der Waals surface area contributed by atoms with E-state index < -0.39 is 10.0 Å². The average molecular weight is 385 g/mol. The van der Waals surface area contributed by atoms with Crippen LogP contribution >= 0.6 is 27.5 Å². The van der Waals surface area contributed by atoms with Gasteiger partial charge in [0.15, 0.2) is 0 Å². The molecular weight excluding hydrogens is 370 g/mol. The third-order valence-electron chi connectivity index (χ3n) is 2.59. The van der Waals surface area contributed by atoms with Crippen molar-refractivity contribution in [2.45, 2.75) is 18.7 Å². The largest absolute Gasteiger partial charge is 0.342 e. The number of pyridine rings is 1. The minimum Gasteiger partial charge on any atom is -0.342 e. The second kappa shape index (κ2) is 7.35. The van der Waals surface area contributed by atoms with Crippen LogP contribution in [0.5, 0.6) is 0 Å². The van der Waals surface area contributed by atoms with Gasteiger partial charge in [-0.25, -0.2) is 18.1 Å². The first-order valence-corrected chi connectivity index (χ1v) is 8.55. The van der Waals surface area contributed by atoms with Crippen LogP contribution in [-0.4, -0.2) is 43.8 Å². The van der Waals surface area contributed by atoms with Gasteiger partial charge in [-0.2, -0.15) is 0 Å². The van der Waals surface area contributed by atoms with Crippen molar-refractivity contribution in [2.75, 3.05) is 19.6 Å². The highest BCUT2D eigenvalue weighted by molar-refractivity contribution is 9.10. The lowest BCUT2D eigenvalue weighted by molar-refractivity contribution is -0.129. The van der Waals surface area contributed by atoms with E-state index in [0.29, 0.717) is 17.6 Å². The lowest BCUT2D eigenvalue weighted by atomic mass is 10.4. The van der Waals surface area contributed by atoms with Crippen LogP contribution in [0.4, 0.5) is 0 Å². The summed E-state index contributed by atoms with van der Waals surface area (Å²) in [6.07, 6.45) is 1.39. The summed E-state index contributed by atoms with van der Waals surface area (Å²) in [4.78, 5) is 16.9. The molecule has 0 radical (unpaired) electrons. The fourth-order valence-electron chi connectivity index (χ4n) is 1.52. The Balaban J connectivity index is 2.86. The van der Waals surface area contributed by atoms with Gasteiger partial charge in [0.1, 0.15) is 10.0 Å². The lowest BCUT2D eigenvalue weighted by Gasteiger charge is -2.18. The van der Waals surface area contributed by atoms with Crippen LogP contribution in [0.2, 0.25) is 5.15 Å². The molecule has 1 aromatic rings. The topological polar surface area (TPSA) is 79.4 Å². The molecule has 0 aromatic carbocycles. The Morgan fingerprint density at radius 1 is 1.45 bits per heavy atom. The Kier molecular flexibility index (Phi) is 6.38. The quantitative estimate of drug-likeness (QED) is 0.756. The summed E-state index contributed by atoms with van der Waals surface area (Å²) >= 11 is 8.89. The predicted molar refractivity (Wildman–Crippen MR) is 80.1 cm³/mol. The summed E-state index contributed by atoms with van der Waals surface area (Å²) in [7, 11) is -3.88. The van der Waals surface area contributed by atoms with Crippen LogP contribution in [0.25, 0.3) is 0 Å². The lowest BCUT2D eigenvalue weighted by Crippen LogP contribution is -2.40. The van der Waals surface area contributed by atoms with E-state index in [9.17, 15) is 13.2 Å². The van der Waals surface area contributed by atoms with Crippen LogP contribution in [-0.2, 0) is 14.8 Å². The molecule has 0 saturated heterocycles. The van der Waals surface area contributed by atoms with E-state index in [2.05, 4.69) is 25.6 Å². The Morgan fingerprint density at radius 3 is 2.60 bits per heavy atom. The first-order chi connectivity index (χ1) is 9.31. The molecule has 1 heterocycles. The number of aromatic nitrogens is 1. The van der Waals surface area contributed by atoms with Gasteiger partial charge in [0.2, 0.25) is 15.9 Å². The first-order valence-electron chi connectivity index (χ1n) is 5.90. The highest BCUT2D eigenvalue weighted by atomic mass is 79.9. The van der Waals surface area contributed by atoms with Crippen LogP contribution < -0.4 is 4.72 Å². The molecule has 1 rings (SSSR count). The molecule has 0 saturated carbocycles. The number of hydrogen-bond donors (Lipinski definition) is 1. The van der Waals surface area contributed by atoms with Crippen molar-refractivity contribution in [1.82, 2.24) is 14.6 Å². The molecule has 0 aliphatic heterocycles. The van der Waals surface area contributed by atoms with Crippen LogP contribution in [0, 0.1) is 0 Å². The summed E-state index contributed by atoms with van der Waals surface area (Å²) in [5.74, 6) is -0.294. The van der Waals surface area contributed by atoms with Crippen LogP contribution in [0.3, 0.4) is 0 Å². The van der Waals surface area contributed by atoms with Crippen LogP contribution in [0.1, 0.15) is 13.8 Å². The summed E-state index contributed by atoms with van der Waals surface area (Å²) < 4.78 is 26.9. The van der Waals surface area contributed by atoms with Crippen molar-refractivity contribution in [3.05, 3.63) is 21.9 Å². The van der Waals surface area contributed by atoms with Gasteiger partial charge in [-0.15, -0.1) is 0 Å². The number of rotatable bonds is 6. The standard InChI is InChI=1S/C11H15BrClN3O3S/c1-3-16(4-2)10(17)7-15-20(18,19)9-5-8(12)6-14-11(9)13/h5-6,15H,3-4,7H2,1-2H3. The SMILES string of the molecule is CCN(CC)C(=O)CNS(=O)(=O)c1cc(Br)cnc1Cl. The van der Waals surface area contributed by atoms with Gasteiger partial charge in [-0.3, -0.25) is 4.79 Å². The molecule has 1 amide bonds. The molecule has 6 nitrogen and oxygen atoms in total. The molecular formula is C11H15BrClN3O3S. The summed E-state index contributed by atoms with van der Waals surface area (Å²) in [6, 6.07) is 1.33. The summed E-state index contributed by atoms with van der Waals surface area (Å²) in [6.45, 7) is 4.38. The van der Waals surface area contributed by atoms with E-state index >= 15 is 0 Å². The zero-order chi connectivity index (χ0) is 15.3. The highest BCUT2D eigenvalue weighted by Crippen LogP contribution is 2.22. The molecule has 1 aromatic heterocycles. The molecule has 0 unspecified atom stereocenters. The third-order valence-corrected chi connectivity index (χ3v) is 4.85. The van der Waals surface area contributed by atoms with Gasteiger partial charge in [0.05, 0.1) is 6.54 Å². The zero-order valence-corrected chi connectivity index (χ0v) is 14.2. The normalized spacial score (nSPS) is 11.4. The van der Waals surface area contributed by atoms with Crippen molar-refractivity contribution in [1.29, 1.82) is 0 Å². The van der Waals surface area contributed by atoms with Crippen LogP contribution in [0.15, 0.2) is 21.6 Å². The number of halogens is 2. The summed E-state index contributed by atoms with van der Waals surface area (Å²) in [5.41, 5.74) is 0. The maximum atomic E-state index is 12.1. The molecule has 0 fully saturated rings. The number of sulfonamides is 1. The molecule has 0 aliphatic carbocycles. The van der Waals surface area contributed by atoms with Gasteiger partial charge in [0, 0.05) is 23.8 Å². The number of likely N-dealkylation sites (N-methyl/N-ethyl adjacent to an activating group) is 1. The fraction of sp³-hybridized carbons (Fsp3) is 0.455. The predicted octanol–water partition coefficient (Wildman–Crippen LogP) is 1.64. The maximum Gasteiger partial charge on any atom is 0.244 e. The Hall–Kier alpha value is -0.700. The van der Waals surface area contributed by atoms with Crippen molar-refractivity contribution in [3.63, 3.8) is 0 Å². The minimum atomic E-state index is -3.88. The van der Waals surface area contributed by atoms with Gasteiger partial charge in [0.25, 0.3) is 0 Å². The number of nitrogens with zero attached hydrogens (tertiary/aromatic N) is 2. The smallest absolute Gasteiger partial charge is 0.244 e. The molecule has 1 N–H and O–H groups in total. The first kappa shape index (κ1) is 17.4. The molecule has 0 spiro atoms. The Morgan fingerprint density at radius 2 is 2.05 bits per heavy atom. The van der Waals surface area contributed by atoms with Gasteiger partial charge in [-0.1, -0.05) is 11.6 Å². The average Bonchev–Trinajstić information content (AvgIpc) is 2.40. The highest BCUT2D eigenvalue weighted by Gasteiger charge is 2.21. The summed E-state index contributed by atoms with van der Waals surface area (Å²) in [5, 5.41) is -0.143. The van der Waals surface area contributed by atoms with Gasteiger partial charge >= 0.3 is 0 Å². The molecule has 112 valence electrons. The Bertz CT molecular complexity index is 591. The number of carbonyl (C=O) groups excluding carboxylic acids is 1. The van der Waals surface area contributed by atoms with Crippen molar-refractivity contribution in [3.8, 4) is 0 Å². The minimum absolute atomic E-state index is 0.143. The second-order valence-corrected chi connectivity index (χ2v) is 6.84. The molecule has 9 heteroatoms. The Labute approximate surface area is 131 Å². The van der Waals surface area contributed by atoms with Gasteiger partial charge in [-0.05, 0) is 35.8 Å². The molecule has 0 aliphatic rings. The monoisotopic (exact) mass is 383 g/mol.